The van der Waals surface area contributed by atoms with Gasteiger partial charge < -0.3 is 10.4 Å². The van der Waals surface area contributed by atoms with Crippen LogP contribution in [0.15, 0.2) is 18.2 Å². The van der Waals surface area contributed by atoms with Crippen LogP contribution in [0.2, 0.25) is 0 Å². The zero-order valence-corrected chi connectivity index (χ0v) is 12.2. The van der Waals surface area contributed by atoms with Crippen LogP contribution < -0.4 is 5.32 Å². The van der Waals surface area contributed by atoms with E-state index in [4.69, 9.17) is 5.11 Å². The first-order valence-electron chi connectivity index (χ1n) is 7.30. The van der Waals surface area contributed by atoms with E-state index in [1.165, 1.54) is 24.6 Å². The molecule has 1 aromatic carbocycles. The summed E-state index contributed by atoms with van der Waals surface area (Å²) in [5.41, 5.74) is 0.533. The second-order valence-electron chi connectivity index (χ2n) is 5.60. The zero-order chi connectivity index (χ0) is 15.2. The summed E-state index contributed by atoms with van der Waals surface area (Å²) in [5.74, 6) is 4.82. The number of halogens is 1. The summed E-state index contributed by atoms with van der Waals surface area (Å²) in [6, 6.07) is 4.28. The zero-order valence-electron chi connectivity index (χ0n) is 12.2. The Morgan fingerprint density at radius 3 is 3.00 bits per heavy atom. The number of rotatable bonds is 2. The molecule has 1 amide bonds. The number of aliphatic hydroxyl groups excluding tert-OH is 1. The fraction of sp³-hybridized carbons (Fsp3) is 0.471. The lowest BCUT2D eigenvalue weighted by Gasteiger charge is -2.27. The smallest absolute Gasteiger partial charge is 0.254 e. The first-order chi connectivity index (χ1) is 10.1. The highest BCUT2D eigenvalue weighted by Crippen LogP contribution is 2.24. The van der Waals surface area contributed by atoms with E-state index in [9.17, 15) is 9.18 Å². The van der Waals surface area contributed by atoms with Crippen molar-refractivity contribution in [1.29, 1.82) is 0 Å². The maximum atomic E-state index is 13.8. The van der Waals surface area contributed by atoms with Crippen LogP contribution in [0.5, 0.6) is 0 Å². The lowest BCUT2D eigenvalue weighted by atomic mass is 9.87. The Morgan fingerprint density at radius 2 is 2.29 bits per heavy atom. The molecule has 2 N–H and O–H groups in total. The van der Waals surface area contributed by atoms with Gasteiger partial charge in [-0.3, -0.25) is 4.79 Å². The van der Waals surface area contributed by atoms with Crippen molar-refractivity contribution >= 4 is 5.91 Å². The highest BCUT2D eigenvalue weighted by Gasteiger charge is 2.22. The van der Waals surface area contributed by atoms with Gasteiger partial charge in [0.25, 0.3) is 5.91 Å². The molecular weight excluding hydrogens is 269 g/mol. The Hall–Kier alpha value is -1.86. The molecule has 21 heavy (non-hydrogen) atoms. The predicted molar refractivity (Wildman–Crippen MR) is 79.3 cm³/mol. The number of nitrogens with one attached hydrogen (secondary N) is 1. The molecule has 4 heteroatoms. The lowest BCUT2D eigenvalue weighted by Crippen LogP contribution is -2.38. The van der Waals surface area contributed by atoms with E-state index in [1.807, 2.05) is 0 Å². The maximum Gasteiger partial charge on any atom is 0.254 e. The van der Waals surface area contributed by atoms with Gasteiger partial charge in [-0.25, -0.2) is 4.39 Å². The van der Waals surface area contributed by atoms with Gasteiger partial charge in [-0.15, -0.1) is 0 Å². The average Bonchev–Trinajstić information content (AvgIpc) is 2.46. The van der Waals surface area contributed by atoms with Crippen LogP contribution in [0.3, 0.4) is 0 Å². The standard InChI is InChI=1S/C17H20FNO2/c1-12-4-2-6-14(10-12)19-17(21)15-11-13(5-3-9-20)7-8-16(15)18/h7-8,11-12,14,20H,2,4,6,9-10H2,1H3,(H,19,21). The molecule has 0 saturated heterocycles. The van der Waals surface area contributed by atoms with E-state index in [1.54, 1.807) is 0 Å². The molecule has 1 fully saturated rings. The molecule has 1 aliphatic rings. The average molecular weight is 289 g/mol. The molecule has 0 radical (unpaired) electrons. The van der Waals surface area contributed by atoms with Gasteiger partial charge in [-0.2, -0.15) is 0 Å². The molecule has 0 aliphatic heterocycles. The van der Waals surface area contributed by atoms with Gasteiger partial charge in [0.05, 0.1) is 5.56 Å². The third-order valence-electron chi connectivity index (χ3n) is 3.79. The second kappa shape index (κ2) is 7.24. The molecule has 112 valence electrons. The Bertz CT molecular complexity index is 574. The minimum absolute atomic E-state index is 0.0120. The summed E-state index contributed by atoms with van der Waals surface area (Å²) < 4.78 is 13.8. The number of carbonyl (C=O) groups is 1. The van der Waals surface area contributed by atoms with Crippen LogP contribution in [-0.2, 0) is 0 Å². The fourth-order valence-corrected chi connectivity index (χ4v) is 2.75. The topological polar surface area (TPSA) is 49.3 Å². The third-order valence-corrected chi connectivity index (χ3v) is 3.79. The van der Waals surface area contributed by atoms with Crippen molar-refractivity contribution in [2.45, 2.75) is 38.6 Å². The number of carbonyl (C=O) groups excluding carboxylic acids is 1. The van der Waals surface area contributed by atoms with Crippen LogP contribution in [0.4, 0.5) is 4.39 Å². The molecule has 0 bridgehead atoms. The molecule has 2 atom stereocenters. The molecule has 1 aromatic rings. The largest absolute Gasteiger partial charge is 0.384 e. The van der Waals surface area contributed by atoms with Gasteiger partial charge in [0.15, 0.2) is 0 Å². The highest BCUT2D eigenvalue weighted by atomic mass is 19.1. The molecule has 3 nitrogen and oxygen atoms in total. The number of benzene rings is 1. The van der Waals surface area contributed by atoms with Crippen molar-refractivity contribution < 1.29 is 14.3 Å². The summed E-state index contributed by atoms with van der Waals surface area (Å²) in [4.78, 5) is 12.2. The van der Waals surface area contributed by atoms with Crippen LogP contribution >= 0.6 is 0 Å². The molecule has 0 aromatic heterocycles. The Labute approximate surface area is 124 Å². The quantitative estimate of drug-likeness (QED) is 0.822. The first kappa shape index (κ1) is 15.5. The van der Waals surface area contributed by atoms with Gasteiger partial charge in [0, 0.05) is 11.6 Å². The second-order valence-corrected chi connectivity index (χ2v) is 5.60. The highest BCUT2D eigenvalue weighted by molar-refractivity contribution is 5.95. The monoisotopic (exact) mass is 289 g/mol. The van der Waals surface area contributed by atoms with Crippen LogP contribution in [0.25, 0.3) is 0 Å². The van der Waals surface area contributed by atoms with Crippen molar-refractivity contribution in [3.8, 4) is 11.8 Å². The van der Waals surface area contributed by atoms with Crippen molar-refractivity contribution in [2.75, 3.05) is 6.61 Å². The number of hydrogen-bond acceptors (Lipinski definition) is 2. The maximum absolute atomic E-state index is 13.8. The SMILES string of the molecule is CC1CCCC(NC(=O)c2cc(C#CCO)ccc2F)C1. The summed E-state index contributed by atoms with van der Waals surface area (Å²) >= 11 is 0. The first-order valence-corrected chi connectivity index (χ1v) is 7.30. The molecule has 1 aliphatic carbocycles. The molecule has 0 heterocycles. The summed E-state index contributed by atoms with van der Waals surface area (Å²) in [7, 11) is 0. The lowest BCUT2D eigenvalue weighted by molar-refractivity contribution is 0.0917. The van der Waals surface area contributed by atoms with Crippen LogP contribution in [0.1, 0.15) is 48.5 Å². The third kappa shape index (κ3) is 4.30. The molecular formula is C17H20FNO2. The molecule has 2 rings (SSSR count). The van der Waals surface area contributed by atoms with E-state index in [0.717, 1.165) is 19.3 Å². The van der Waals surface area contributed by atoms with Gasteiger partial charge >= 0.3 is 0 Å². The summed E-state index contributed by atoms with van der Waals surface area (Å²) in [5, 5.41) is 11.6. The number of amides is 1. The van der Waals surface area contributed by atoms with E-state index in [-0.39, 0.29) is 24.1 Å². The minimum Gasteiger partial charge on any atom is -0.384 e. The fourth-order valence-electron chi connectivity index (χ4n) is 2.75. The minimum atomic E-state index is -0.550. The molecule has 0 spiro atoms. The van der Waals surface area contributed by atoms with Gasteiger partial charge in [-0.05, 0) is 37.0 Å². The number of hydrogen-bond donors (Lipinski definition) is 2. The summed E-state index contributed by atoms with van der Waals surface area (Å²) in [6.07, 6.45) is 4.17. The van der Waals surface area contributed by atoms with E-state index < -0.39 is 5.82 Å². The van der Waals surface area contributed by atoms with E-state index in [2.05, 4.69) is 24.1 Å². The van der Waals surface area contributed by atoms with E-state index in [0.29, 0.717) is 11.5 Å². The van der Waals surface area contributed by atoms with Gasteiger partial charge in [-0.1, -0.05) is 31.6 Å². The van der Waals surface area contributed by atoms with Crippen molar-refractivity contribution in [3.63, 3.8) is 0 Å². The Morgan fingerprint density at radius 1 is 1.48 bits per heavy atom. The van der Waals surface area contributed by atoms with Crippen LogP contribution in [0, 0.1) is 23.6 Å². The van der Waals surface area contributed by atoms with E-state index >= 15 is 0 Å². The predicted octanol–water partition coefficient (Wildman–Crippen LogP) is 2.48. The van der Waals surface area contributed by atoms with Gasteiger partial charge in [0.1, 0.15) is 12.4 Å². The Balaban J connectivity index is 2.10. The normalized spacial score (nSPS) is 21.3. The Kier molecular flexibility index (Phi) is 5.35. The van der Waals surface area contributed by atoms with Crippen molar-refractivity contribution in [2.24, 2.45) is 5.92 Å². The molecule has 2 unspecified atom stereocenters. The molecule has 1 saturated carbocycles. The van der Waals surface area contributed by atoms with Gasteiger partial charge in [0.2, 0.25) is 0 Å². The van der Waals surface area contributed by atoms with Crippen molar-refractivity contribution in [1.82, 2.24) is 5.32 Å². The van der Waals surface area contributed by atoms with Crippen LogP contribution in [-0.4, -0.2) is 23.7 Å². The summed E-state index contributed by atoms with van der Waals surface area (Å²) in [6.45, 7) is 1.91. The number of aliphatic hydroxyl groups is 1. The van der Waals surface area contributed by atoms with Crippen molar-refractivity contribution in [3.05, 3.63) is 35.1 Å².